The van der Waals surface area contributed by atoms with Crippen molar-refractivity contribution in [1.29, 1.82) is 0 Å². The molecule has 0 saturated heterocycles. The van der Waals surface area contributed by atoms with Crippen molar-refractivity contribution in [3.8, 4) is 11.5 Å². The Kier molecular flexibility index (Phi) is 6.77. The summed E-state index contributed by atoms with van der Waals surface area (Å²) in [5, 5.41) is 14.2. The first-order valence-corrected chi connectivity index (χ1v) is 6.60. The van der Waals surface area contributed by atoms with Gasteiger partial charge in [-0.25, -0.2) is 4.79 Å². The molecule has 0 heterocycles. The zero-order chi connectivity index (χ0) is 15.8. The van der Waals surface area contributed by atoms with Crippen LogP contribution in [0.1, 0.15) is 17.3 Å². The molecule has 0 radical (unpaired) electrons. The fraction of sp³-hybridized carbons (Fsp3) is 0.385. The fourth-order valence-electron chi connectivity index (χ4n) is 1.48. The molecule has 0 aromatic heterocycles. The van der Waals surface area contributed by atoms with Gasteiger partial charge in [0.1, 0.15) is 0 Å². The molecule has 0 unspecified atom stereocenters. The van der Waals surface area contributed by atoms with Gasteiger partial charge in [-0.15, -0.1) is 0 Å². The van der Waals surface area contributed by atoms with E-state index in [2.05, 4.69) is 10.6 Å². The van der Waals surface area contributed by atoms with Crippen LogP contribution in [-0.4, -0.2) is 43.9 Å². The zero-order valence-corrected chi connectivity index (χ0v) is 12.5. The maximum atomic E-state index is 11.9. The lowest BCUT2D eigenvalue weighted by molar-refractivity contribution is 0.0961. The maximum Gasteiger partial charge on any atom is 0.321 e. The van der Waals surface area contributed by atoms with Crippen LogP contribution in [0.5, 0.6) is 11.5 Å². The van der Waals surface area contributed by atoms with Crippen molar-refractivity contribution < 1.29 is 24.2 Å². The molecule has 1 aromatic carbocycles. The highest BCUT2D eigenvalue weighted by molar-refractivity contribution is 6.34. The molecular formula is C13H17ClN2O5. The summed E-state index contributed by atoms with van der Waals surface area (Å²) in [4.78, 5) is 23.4. The van der Waals surface area contributed by atoms with Gasteiger partial charge in [-0.1, -0.05) is 11.6 Å². The molecule has 1 aromatic rings. The van der Waals surface area contributed by atoms with Crippen LogP contribution in [0, 0.1) is 0 Å². The van der Waals surface area contributed by atoms with Crippen molar-refractivity contribution in [2.75, 3.05) is 26.9 Å². The van der Waals surface area contributed by atoms with Crippen LogP contribution < -0.4 is 15.4 Å². The number of carbonyl (C=O) groups is 2. The van der Waals surface area contributed by atoms with E-state index in [0.29, 0.717) is 13.2 Å². The quantitative estimate of drug-likeness (QED) is 0.692. The number of nitrogens with one attached hydrogen (secondary N) is 2. The molecular weight excluding hydrogens is 300 g/mol. The van der Waals surface area contributed by atoms with E-state index in [4.69, 9.17) is 21.1 Å². The van der Waals surface area contributed by atoms with E-state index in [9.17, 15) is 14.7 Å². The maximum absolute atomic E-state index is 11.9. The lowest BCUT2D eigenvalue weighted by Gasteiger charge is -2.10. The van der Waals surface area contributed by atoms with E-state index in [1.54, 1.807) is 0 Å². The molecule has 0 saturated carbocycles. The second-order valence-electron chi connectivity index (χ2n) is 3.91. The van der Waals surface area contributed by atoms with Gasteiger partial charge < -0.3 is 19.9 Å². The first-order valence-electron chi connectivity index (χ1n) is 6.23. The first kappa shape index (κ1) is 17.1. The van der Waals surface area contributed by atoms with E-state index in [1.807, 2.05) is 6.92 Å². The third kappa shape index (κ3) is 5.13. The second kappa shape index (κ2) is 8.33. The van der Waals surface area contributed by atoms with Crippen LogP contribution in [0.3, 0.4) is 0 Å². The van der Waals surface area contributed by atoms with E-state index in [1.165, 1.54) is 13.2 Å². The summed E-state index contributed by atoms with van der Waals surface area (Å²) >= 11 is 5.90. The van der Waals surface area contributed by atoms with Gasteiger partial charge in [0.15, 0.2) is 11.5 Å². The molecule has 21 heavy (non-hydrogen) atoms. The average Bonchev–Trinajstić information content (AvgIpc) is 2.45. The summed E-state index contributed by atoms with van der Waals surface area (Å²) in [5.74, 6) is -0.839. The standard InChI is InChI=1S/C13H17ClN2O5/c1-3-21-5-4-15-13(19)16-12(18)8-6-10(17)11(20-2)7-9(8)14/h6-7,17H,3-5H2,1-2H3,(H2,15,16,18,19). The molecule has 3 N–H and O–H groups in total. The number of phenols is 1. The van der Waals surface area contributed by atoms with Gasteiger partial charge in [0.2, 0.25) is 0 Å². The number of hydrogen-bond acceptors (Lipinski definition) is 5. The SMILES string of the molecule is CCOCCNC(=O)NC(=O)c1cc(O)c(OC)cc1Cl. The molecule has 3 amide bonds. The number of ether oxygens (including phenoxy) is 2. The second-order valence-corrected chi connectivity index (χ2v) is 4.32. The highest BCUT2D eigenvalue weighted by Gasteiger charge is 2.16. The first-order chi connectivity index (χ1) is 9.99. The number of urea groups is 1. The molecule has 0 aliphatic carbocycles. The number of aromatic hydroxyl groups is 1. The van der Waals surface area contributed by atoms with Gasteiger partial charge >= 0.3 is 6.03 Å². The van der Waals surface area contributed by atoms with Crippen LogP contribution in [0.2, 0.25) is 5.02 Å². The Morgan fingerprint density at radius 3 is 2.71 bits per heavy atom. The number of amides is 3. The van der Waals surface area contributed by atoms with E-state index in [0.717, 1.165) is 6.07 Å². The summed E-state index contributed by atoms with van der Waals surface area (Å²) in [6, 6.07) is 1.74. The van der Waals surface area contributed by atoms with Gasteiger partial charge in [0, 0.05) is 19.2 Å². The molecule has 1 rings (SSSR count). The minimum atomic E-state index is -0.730. The van der Waals surface area contributed by atoms with Crippen LogP contribution in [0.15, 0.2) is 12.1 Å². The smallest absolute Gasteiger partial charge is 0.321 e. The molecule has 0 atom stereocenters. The molecule has 116 valence electrons. The lowest BCUT2D eigenvalue weighted by atomic mass is 10.2. The summed E-state index contributed by atoms with van der Waals surface area (Å²) < 4.78 is 9.90. The number of methoxy groups -OCH3 is 1. The molecule has 0 aliphatic rings. The minimum absolute atomic E-state index is 0.0325. The molecule has 0 fully saturated rings. The third-order valence-electron chi connectivity index (χ3n) is 2.48. The predicted molar refractivity (Wildman–Crippen MR) is 77.0 cm³/mol. The normalized spacial score (nSPS) is 10.0. The fourth-order valence-corrected chi connectivity index (χ4v) is 1.72. The third-order valence-corrected chi connectivity index (χ3v) is 2.79. The van der Waals surface area contributed by atoms with Crippen LogP contribution in [-0.2, 0) is 4.74 Å². The Balaban J connectivity index is 2.63. The minimum Gasteiger partial charge on any atom is -0.504 e. The monoisotopic (exact) mass is 316 g/mol. The van der Waals surface area contributed by atoms with Gasteiger partial charge in [0.25, 0.3) is 5.91 Å². The predicted octanol–water partition coefficient (Wildman–Crippen LogP) is 1.53. The number of halogens is 1. The van der Waals surface area contributed by atoms with Crippen molar-refractivity contribution in [3.05, 3.63) is 22.7 Å². The Bertz CT molecular complexity index is 522. The molecule has 8 heteroatoms. The van der Waals surface area contributed by atoms with Crippen molar-refractivity contribution >= 4 is 23.5 Å². The van der Waals surface area contributed by atoms with Crippen molar-refractivity contribution in [3.63, 3.8) is 0 Å². The van der Waals surface area contributed by atoms with Crippen LogP contribution in [0.4, 0.5) is 4.79 Å². The Labute approximate surface area is 127 Å². The molecule has 0 spiro atoms. The summed E-state index contributed by atoms with van der Waals surface area (Å²) in [5.41, 5.74) is -0.0325. The van der Waals surface area contributed by atoms with E-state index >= 15 is 0 Å². The Hall–Kier alpha value is -1.99. The molecule has 0 aliphatic heterocycles. The van der Waals surface area contributed by atoms with Crippen LogP contribution in [0.25, 0.3) is 0 Å². The topological polar surface area (TPSA) is 96.9 Å². The number of benzene rings is 1. The van der Waals surface area contributed by atoms with Crippen molar-refractivity contribution in [2.24, 2.45) is 0 Å². The highest BCUT2D eigenvalue weighted by Crippen LogP contribution is 2.31. The Morgan fingerprint density at radius 2 is 2.10 bits per heavy atom. The number of carbonyl (C=O) groups excluding carboxylic acids is 2. The summed E-state index contributed by atoms with van der Waals surface area (Å²) in [6.45, 7) is 3.00. The van der Waals surface area contributed by atoms with Crippen molar-refractivity contribution in [2.45, 2.75) is 6.92 Å². The van der Waals surface area contributed by atoms with Gasteiger partial charge in [-0.05, 0) is 13.0 Å². The average molecular weight is 317 g/mol. The number of rotatable bonds is 6. The number of phenolic OH excluding ortho intramolecular Hbond substituents is 1. The summed E-state index contributed by atoms with van der Waals surface area (Å²) in [7, 11) is 1.36. The summed E-state index contributed by atoms with van der Waals surface area (Å²) in [6.07, 6.45) is 0. The lowest BCUT2D eigenvalue weighted by Crippen LogP contribution is -2.40. The van der Waals surface area contributed by atoms with Gasteiger partial charge in [0.05, 0.1) is 24.3 Å². The van der Waals surface area contributed by atoms with Crippen LogP contribution >= 0.6 is 11.6 Å². The number of imide groups is 1. The molecule has 7 nitrogen and oxygen atoms in total. The Morgan fingerprint density at radius 1 is 1.38 bits per heavy atom. The van der Waals surface area contributed by atoms with E-state index < -0.39 is 11.9 Å². The van der Waals surface area contributed by atoms with Gasteiger partial charge in [-0.2, -0.15) is 0 Å². The molecule has 0 bridgehead atoms. The van der Waals surface area contributed by atoms with E-state index in [-0.39, 0.29) is 28.6 Å². The van der Waals surface area contributed by atoms with Gasteiger partial charge in [-0.3, -0.25) is 10.1 Å². The zero-order valence-electron chi connectivity index (χ0n) is 11.7. The van der Waals surface area contributed by atoms with Crippen molar-refractivity contribution in [1.82, 2.24) is 10.6 Å². The highest BCUT2D eigenvalue weighted by atomic mass is 35.5. The number of hydrogen-bond donors (Lipinski definition) is 3. The largest absolute Gasteiger partial charge is 0.504 e.